The number of benzene rings is 1. The van der Waals surface area contributed by atoms with Crippen molar-refractivity contribution in [3.63, 3.8) is 0 Å². The Morgan fingerprint density at radius 1 is 1.07 bits per heavy atom. The van der Waals surface area contributed by atoms with Crippen molar-refractivity contribution in [2.24, 2.45) is 5.92 Å². The smallest absolute Gasteiger partial charge is 0.270 e. The molecule has 154 valence electrons. The standard InChI is InChI=1S/C24H26N4O2/c29-23-20(15-25-22-10-4-5-13-27(22)23)24(30)28-17-19-16-26(14-11-21(19)28)12-6-9-18-7-2-1-3-8-18/h1-5,7-8,10,13,15,19,21H,6,9,11-12,14,16-17H2/t19-,21-/m0/s1. The Morgan fingerprint density at radius 3 is 2.73 bits per heavy atom. The largest absolute Gasteiger partial charge is 0.335 e. The minimum atomic E-state index is -0.285. The summed E-state index contributed by atoms with van der Waals surface area (Å²) in [6, 6.07) is 16.2. The highest BCUT2D eigenvalue weighted by Crippen LogP contribution is 2.33. The fourth-order valence-electron chi connectivity index (χ4n) is 4.85. The van der Waals surface area contributed by atoms with Crippen LogP contribution in [0.5, 0.6) is 0 Å². The third-order valence-corrected chi connectivity index (χ3v) is 6.50. The van der Waals surface area contributed by atoms with Gasteiger partial charge in [0, 0.05) is 44.0 Å². The first kappa shape index (κ1) is 19.0. The van der Waals surface area contributed by atoms with Gasteiger partial charge < -0.3 is 9.80 Å². The summed E-state index contributed by atoms with van der Waals surface area (Å²) in [5, 5.41) is 0. The zero-order chi connectivity index (χ0) is 20.5. The molecule has 0 spiro atoms. The normalized spacial score (nSPS) is 21.3. The number of nitrogens with zero attached hydrogens (tertiary/aromatic N) is 4. The molecule has 30 heavy (non-hydrogen) atoms. The molecule has 1 aromatic carbocycles. The summed E-state index contributed by atoms with van der Waals surface area (Å²) in [7, 11) is 0. The van der Waals surface area contributed by atoms with E-state index in [0.29, 0.717) is 11.6 Å². The SMILES string of the molecule is O=C(c1cnc2ccccn2c1=O)N1C[C@@H]2CN(CCCc3ccccc3)CC[C@@H]21. The Hall–Kier alpha value is -2.99. The number of carbonyl (C=O) groups excluding carboxylic acids is 1. The number of pyridine rings is 1. The molecule has 2 saturated heterocycles. The van der Waals surface area contributed by atoms with Crippen LogP contribution in [0.4, 0.5) is 0 Å². The third kappa shape index (κ3) is 3.52. The Morgan fingerprint density at radius 2 is 1.90 bits per heavy atom. The summed E-state index contributed by atoms with van der Waals surface area (Å²) in [4.78, 5) is 34.4. The second kappa shape index (κ2) is 8.03. The highest BCUT2D eigenvalue weighted by molar-refractivity contribution is 5.94. The molecule has 0 aliphatic carbocycles. The number of rotatable bonds is 5. The number of hydrogen-bond donors (Lipinski definition) is 0. The molecule has 1 amide bonds. The molecule has 2 aromatic heterocycles. The highest BCUT2D eigenvalue weighted by atomic mass is 16.2. The van der Waals surface area contributed by atoms with Crippen LogP contribution in [0.2, 0.25) is 0 Å². The van der Waals surface area contributed by atoms with E-state index in [1.807, 2.05) is 11.0 Å². The molecule has 0 N–H and O–H groups in total. The van der Waals surface area contributed by atoms with Gasteiger partial charge in [0.25, 0.3) is 11.5 Å². The predicted octanol–water partition coefficient (Wildman–Crippen LogP) is 2.47. The zero-order valence-corrected chi connectivity index (χ0v) is 17.0. The monoisotopic (exact) mass is 402 g/mol. The first-order valence-corrected chi connectivity index (χ1v) is 10.7. The Bertz CT molecular complexity index is 1110. The van der Waals surface area contributed by atoms with Gasteiger partial charge in [-0.2, -0.15) is 0 Å². The molecule has 0 radical (unpaired) electrons. The quantitative estimate of drug-likeness (QED) is 0.658. The lowest BCUT2D eigenvalue weighted by Crippen LogP contribution is -2.65. The molecule has 0 saturated carbocycles. The Labute approximate surface area is 175 Å². The predicted molar refractivity (Wildman–Crippen MR) is 116 cm³/mol. The van der Waals surface area contributed by atoms with Gasteiger partial charge in [-0.05, 0) is 43.5 Å². The highest BCUT2D eigenvalue weighted by Gasteiger charge is 2.45. The summed E-state index contributed by atoms with van der Waals surface area (Å²) in [5.74, 6) is 0.333. The van der Waals surface area contributed by atoms with Crippen LogP contribution < -0.4 is 5.56 Å². The minimum absolute atomic E-state index is 0.169. The van der Waals surface area contributed by atoms with Crippen LogP contribution >= 0.6 is 0 Å². The van der Waals surface area contributed by atoms with E-state index < -0.39 is 0 Å². The fraction of sp³-hybridized carbons (Fsp3) is 0.375. The molecule has 2 aliphatic rings. The number of piperidine rings is 1. The van der Waals surface area contributed by atoms with Crippen LogP contribution in [0.15, 0.2) is 65.7 Å². The average Bonchev–Trinajstić information content (AvgIpc) is 2.76. The average molecular weight is 402 g/mol. The van der Waals surface area contributed by atoms with Gasteiger partial charge in [0.2, 0.25) is 0 Å². The summed E-state index contributed by atoms with van der Waals surface area (Å²) >= 11 is 0. The minimum Gasteiger partial charge on any atom is -0.335 e. The maximum Gasteiger partial charge on any atom is 0.270 e. The number of aryl methyl sites for hydroxylation is 1. The molecular weight excluding hydrogens is 376 g/mol. The molecule has 4 heterocycles. The maximum absolute atomic E-state index is 13.0. The van der Waals surface area contributed by atoms with Crippen molar-refractivity contribution in [3.05, 3.63) is 82.4 Å². The van der Waals surface area contributed by atoms with Crippen LogP contribution in [-0.4, -0.2) is 57.3 Å². The van der Waals surface area contributed by atoms with Gasteiger partial charge in [-0.15, -0.1) is 0 Å². The van der Waals surface area contributed by atoms with E-state index in [9.17, 15) is 9.59 Å². The number of aromatic nitrogens is 2. The molecular formula is C24H26N4O2. The molecule has 0 bridgehead atoms. The van der Waals surface area contributed by atoms with Crippen molar-refractivity contribution < 1.29 is 4.79 Å². The molecule has 2 aliphatic heterocycles. The van der Waals surface area contributed by atoms with Crippen LogP contribution in [-0.2, 0) is 6.42 Å². The van der Waals surface area contributed by atoms with Crippen molar-refractivity contribution in [3.8, 4) is 0 Å². The second-order valence-corrected chi connectivity index (χ2v) is 8.37. The van der Waals surface area contributed by atoms with E-state index >= 15 is 0 Å². The van der Waals surface area contributed by atoms with E-state index in [1.54, 1.807) is 18.3 Å². The van der Waals surface area contributed by atoms with E-state index in [4.69, 9.17) is 0 Å². The topological polar surface area (TPSA) is 57.9 Å². The van der Waals surface area contributed by atoms with Crippen molar-refractivity contribution in [1.82, 2.24) is 19.2 Å². The van der Waals surface area contributed by atoms with Crippen molar-refractivity contribution in [2.75, 3.05) is 26.2 Å². The number of fused-ring (bicyclic) bond motifs is 2. The summed E-state index contributed by atoms with van der Waals surface area (Å²) in [6.45, 7) is 3.88. The van der Waals surface area contributed by atoms with Gasteiger partial charge in [0.1, 0.15) is 11.2 Å². The van der Waals surface area contributed by atoms with E-state index in [2.05, 4.69) is 40.2 Å². The van der Waals surface area contributed by atoms with E-state index in [1.165, 1.54) is 16.2 Å². The lowest BCUT2D eigenvalue weighted by atomic mass is 9.82. The van der Waals surface area contributed by atoms with Crippen LogP contribution in [0.1, 0.15) is 28.8 Å². The molecule has 2 fully saturated rings. The van der Waals surface area contributed by atoms with E-state index in [-0.39, 0.29) is 23.1 Å². The number of hydrogen-bond acceptors (Lipinski definition) is 4. The number of likely N-dealkylation sites (tertiary alicyclic amines) is 2. The molecule has 6 heteroatoms. The van der Waals surface area contributed by atoms with Crippen molar-refractivity contribution in [1.29, 1.82) is 0 Å². The second-order valence-electron chi connectivity index (χ2n) is 8.37. The van der Waals surface area contributed by atoms with Crippen molar-refractivity contribution >= 4 is 11.6 Å². The molecule has 3 aromatic rings. The lowest BCUT2D eigenvalue weighted by molar-refractivity contribution is -0.0276. The molecule has 0 unspecified atom stereocenters. The third-order valence-electron chi connectivity index (χ3n) is 6.50. The lowest BCUT2D eigenvalue weighted by Gasteiger charge is -2.53. The van der Waals surface area contributed by atoms with Crippen LogP contribution in [0, 0.1) is 5.92 Å². The van der Waals surface area contributed by atoms with Crippen molar-refractivity contribution in [2.45, 2.75) is 25.3 Å². The summed E-state index contributed by atoms with van der Waals surface area (Å²) < 4.78 is 1.44. The van der Waals surface area contributed by atoms with Gasteiger partial charge >= 0.3 is 0 Å². The summed E-state index contributed by atoms with van der Waals surface area (Å²) in [5.41, 5.74) is 1.84. The zero-order valence-electron chi connectivity index (χ0n) is 17.0. The first-order chi connectivity index (χ1) is 14.7. The Balaban J connectivity index is 1.18. The molecule has 6 nitrogen and oxygen atoms in total. The van der Waals surface area contributed by atoms with Gasteiger partial charge in [0.05, 0.1) is 0 Å². The first-order valence-electron chi connectivity index (χ1n) is 10.7. The van der Waals surface area contributed by atoms with Gasteiger partial charge in [0.15, 0.2) is 0 Å². The van der Waals surface area contributed by atoms with Gasteiger partial charge in [-0.1, -0.05) is 36.4 Å². The number of amides is 1. The Kier molecular flexibility index (Phi) is 5.09. The number of carbonyl (C=O) groups is 1. The van der Waals surface area contributed by atoms with Gasteiger partial charge in [-0.25, -0.2) is 4.98 Å². The van der Waals surface area contributed by atoms with Gasteiger partial charge in [-0.3, -0.25) is 14.0 Å². The van der Waals surface area contributed by atoms with Crippen LogP contribution in [0.25, 0.3) is 5.65 Å². The molecule has 2 atom stereocenters. The molecule has 5 rings (SSSR count). The fourth-order valence-corrected chi connectivity index (χ4v) is 4.85. The van der Waals surface area contributed by atoms with E-state index in [0.717, 1.165) is 45.4 Å². The maximum atomic E-state index is 13.0. The van der Waals surface area contributed by atoms with Crippen LogP contribution in [0.3, 0.4) is 0 Å². The summed E-state index contributed by atoms with van der Waals surface area (Å²) in [6.07, 6.45) is 6.34.